The molecule has 3 heteroatoms. The van der Waals surface area contributed by atoms with Crippen LogP contribution in [0.4, 0.5) is 0 Å². The lowest BCUT2D eigenvalue weighted by molar-refractivity contribution is 0.114. The SMILES string of the molecule is NCc1ncccc1COCCC1CC1. The quantitative estimate of drug-likeness (QED) is 0.723. The van der Waals surface area contributed by atoms with E-state index in [0.29, 0.717) is 13.2 Å². The highest BCUT2D eigenvalue weighted by Gasteiger charge is 2.20. The van der Waals surface area contributed by atoms with Gasteiger partial charge in [-0.05, 0) is 18.4 Å². The molecule has 1 saturated carbocycles. The molecule has 0 bridgehead atoms. The van der Waals surface area contributed by atoms with E-state index in [1.165, 1.54) is 19.3 Å². The number of aromatic nitrogens is 1. The fraction of sp³-hybridized carbons (Fsp3) is 0.583. The average molecular weight is 206 g/mol. The minimum atomic E-state index is 0.488. The summed E-state index contributed by atoms with van der Waals surface area (Å²) >= 11 is 0. The van der Waals surface area contributed by atoms with E-state index in [1.807, 2.05) is 12.1 Å². The zero-order valence-corrected chi connectivity index (χ0v) is 8.98. The summed E-state index contributed by atoms with van der Waals surface area (Å²) < 4.78 is 5.62. The number of nitrogens with two attached hydrogens (primary N) is 1. The molecule has 1 aromatic rings. The standard InChI is InChI=1S/C12H18N2O/c13-8-12-11(2-1-6-14-12)9-15-7-5-10-3-4-10/h1-2,6,10H,3-5,7-9,13H2. The van der Waals surface area contributed by atoms with Crippen molar-refractivity contribution in [1.82, 2.24) is 4.98 Å². The van der Waals surface area contributed by atoms with Crippen molar-refractivity contribution in [3.05, 3.63) is 29.6 Å². The Hall–Kier alpha value is -0.930. The number of pyridine rings is 1. The molecule has 2 rings (SSSR count). The maximum atomic E-state index is 5.62. The molecular weight excluding hydrogens is 188 g/mol. The van der Waals surface area contributed by atoms with Crippen LogP contribution in [0.2, 0.25) is 0 Å². The van der Waals surface area contributed by atoms with Crippen LogP contribution in [0.1, 0.15) is 30.5 Å². The van der Waals surface area contributed by atoms with E-state index < -0.39 is 0 Å². The van der Waals surface area contributed by atoms with Crippen LogP contribution in [-0.2, 0) is 17.9 Å². The number of ether oxygens (including phenoxy) is 1. The normalized spacial score (nSPS) is 15.5. The number of nitrogens with zero attached hydrogens (tertiary/aromatic N) is 1. The molecule has 0 aliphatic heterocycles. The van der Waals surface area contributed by atoms with Crippen LogP contribution in [-0.4, -0.2) is 11.6 Å². The maximum Gasteiger partial charge on any atom is 0.0735 e. The van der Waals surface area contributed by atoms with E-state index >= 15 is 0 Å². The third kappa shape index (κ3) is 3.29. The Kier molecular flexibility index (Phi) is 3.69. The van der Waals surface area contributed by atoms with Gasteiger partial charge in [-0.1, -0.05) is 18.9 Å². The highest BCUT2D eigenvalue weighted by Crippen LogP contribution is 2.32. The predicted molar refractivity (Wildman–Crippen MR) is 59.1 cm³/mol. The van der Waals surface area contributed by atoms with Crippen LogP contribution in [0, 0.1) is 5.92 Å². The highest BCUT2D eigenvalue weighted by molar-refractivity contribution is 5.18. The third-order valence-electron chi connectivity index (χ3n) is 2.80. The van der Waals surface area contributed by atoms with Crippen LogP contribution in [0.15, 0.2) is 18.3 Å². The summed E-state index contributed by atoms with van der Waals surface area (Å²) in [6, 6.07) is 3.96. The lowest BCUT2D eigenvalue weighted by Crippen LogP contribution is -2.06. The Morgan fingerprint density at radius 2 is 2.33 bits per heavy atom. The molecule has 1 aliphatic rings. The van der Waals surface area contributed by atoms with Crippen LogP contribution >= 0.6 is 0 Å². The first-order valence-electron chi connectivity index (χ1n) is 5.60. The fourth-order valence-corrected chi connectivity index (χ4v) is 1.63. The third-order valence-corrected chi connectivity index (χ3v) is 2.80. The van der Waals surface area contributed by atoms with Crippen molar-refractivity contribution in [3.8, 4) is 0 Å². The minimum absolute atomic E-state index is 0.488. The average Bonchev–Trinajstić information content (AvgIpc) is 3.09. The second-order valence-electron chi connectivity index (χ2n) is 4.10. The van der Waals surface area contributed by atoms with E-state index in [-0.39, 0.29) is 0 Å². The first kappa shape index (κ1) is 10.6. The van der Waals surface area contributed by atoms with Gasteiger partial charge >= 0.3 is 0 Å². The van der Waals surface area contributed by atoms with E-state index in [9.17, 15) is 0 Å². The smallest absolute Gasteiger partial charge is 0.0735 e. The first-order chi connectivity index (χ1) is 7.40. The molecule has 0 aromatic carbocycles. The van der Waals surface area contributed by atoms with Crippen LogP contribution in [0.5, 0.6) is 0 Å². The number of hydrogen-bond donors (Lipinski definition) is 1. The zero-order valence-electron chi connectivity index (χ0n) is 8.98. The zero-order chi connectivity index (χ0) is 10.5. The number of rotatable bonds is 6. The Labute approximate surface area is 90.7 Å². The molecule has 2 N–H and O–H groups in total. The van der Waals surface area contributed by atoms with Crippen molar-refractivity contribution in [2.24, 2.45) is 11.7 Å². The first-order valence-corrected chi connectivity index (χ1v) is 5.60. The lowest BCUT2D eigenvalue weighted by atomic mass is 10.2. The molecule has 3 nitrogen and oxygen atoms in total. The second kappa shape index (κ2) is 5.24. The topological polar surface area (TPSA) is 48.1 Å². The summed E-state index contributed by atoms with van der Waals surface area (Å²) in [7, 11) is 0. The minimum Gasteiger partial charge on any atom is -0.377 e. The fourth-order valence-electron chi connectivity index (χ4n) is 1.63. The van der Waals surface area contributed by atoms with Crippen molar-refractivity contribution < 1.29 is 4.74 Å². The molecule has 0 spiro atoms. The largest absolute Gasteiger partial charge is 0.377 e. The number of hydrogen-bond acceptors (Lipinski definition) is 3. The summed E-state index contributed by atoms with van der Waals surface area (Å²) in [6.07, 6.45) is 5.77. The van der Waals surface area contributed by atoms with Crippen molar-refractivity contribution in [3.63, 3.8) is 0 Å². The predicted octanol–water partition coefficient (Wildman–Crippen LogP) is 1.86. The molecule has 1 aliphatic carbocycles. The Morgan fingerprint density at radius 3 is 3.07 bits per heavy atom. The maximum absolute atomic E-state index is 5.62. The molecule has 1 fully saturated rings. The summed E-state index contributed by atoms with van der Waals surface area (Å²) in [6.45, 7) is 2.00. The highest BCUT2D eigenvalue weighted by atomic mass is 16.5. The molecule has 1 heterocycles. The van der Waals surface area contributed by atoms with Crippen molar-refractivity contribution in [1.29, 1.82) is 0 Å². The van der Waals surface area contributed by atoms with E-state index in [0.717, 1.165) is 23.8 Å². The second-order valence-corrected chi connectivity index (χ2v) is 4.10. The van der Waals surface area contributed by atoms with Gasteiger partial charge in [0, 0.05) is 24.9 Å². The van der Waals surface area contributed by atoms with E-state index in [2.05, 4.69) is 4.98 Å². The summed E-state index contributed by atoms with van der Waals surface area (Å²) in [5, 5.41) is 0. The van der Waals surface area contributed by atoms with Crippen LogP contribution in [0.25, 0.3) is 0 Å². The Balaban J connectivity index is 1.75. The molecule has 0 amide bonds. The van der Waals surface area contributed by atoms with Gasteiger partial charge in [-0.3, -0.25) is 4.98 Å². The molecule has 1 aromatic heterocycles. The van der Waals surface area contributed by atoms with Gasteiger partial charge < -0.3 is 10.5 Å². The summed E-state index contributed by atoms with van der Waals surface area (Å²) in [5.74, 6) is 0.938. The van der Waals surface area contributed by atoms with E-state index in [1.54, 1.807) is 6.20 Å². The van der Waals surface area contributed by atoms with Gasteiger partial charge in [-0.15, -0.1) is 0 Å². The Morgan fingerprint density at radius 1 is 1.47 bits per heavy atom. The van der Waals surface area contributed by atoms with E-state index in [4.69, 9.17) is 10.5 Å². The molecular formula is C12H18N2O. The van der Waals surface area contributed by atoms with Crippen LogP contribution in [0.3, 0.4) is 0 Å². The molecule has 0 saturated heterocycles. The van der Waals surface area contributed by atoms with Gasteiger partial charge in [0.05, 0.1) is 12.3 Å². The molecule has 15 heavy (non-hydrogen) atoms. The van der Waals surface area contributed by atoms with Gasteiger partial charge in [-0.25, -0.2) is 0 Å². The lowest BCUT2D eigenvalue weighted by Gasteiger charge is -2.07. The molecule has 0 atom stereocenters. The van der Waals surface area contributed by atoms with Gasteiger partial charge in [0.1, 0.15) is 0 Å². The van der Waals surface area contributed by atoms with Crippen molar-refractivity contribution in [2.45, 2.75) is 32.4 Å². The van der Waals surface area contributed by atoms with Crippen molar-refractivity contribution >= 4 is 0 Å². The molecule has 0 radical (unpaired) electrons. The molecule has 82 valence electrons. The summed E-state index contributed by atoms with van der Waals surface area (Å²) in [5.41, 5.74) is 7.66. The van der Waals surface area contributed by atoms with Gasteiger partial charge in [0.15, 0.2) is 0 Å². The van der Waals surface area contributed by atoms with Crippen LogP contribution < -0.4 is 5.73 Å². The summed E-state index contributed by atoms with van der Waals surface area (Å²) in [4.78, 5) is 4.22. The van der Waals surface area contributed by atoms with Gasteiger partial charge in [-0.2, -0.15) is 0 Å². The molecule has 0 unspecified atom stereocenters. The van der Waals surface area contributed by atoms with Gasteiger partial charge in [0.25, 0.3) is 0 Å². The monoisotopic (exact) mass is 206 g/mol. The van der Waals surface area contributed by atoms with Gasteiger partial charge in [0.2, 0.25) is 0 Å². The Bertz CT molecular complexity index is 310. The van der Waals surface area contributed by atoms with Crippen molar-refractivity contribution in [2.75, 3.05) is 6.61 Å².